The predicted octanol–water partition coefficient (Wildman–Crippen LogP) is 2.21. The number of nitrogens with one attached hydrogen (secondary N) is 1. The summed E-state index contributed by atoms with van der Waals surface area (Å²) in [4.78, 5) is 50.3. The van der Waals surface area contributed by atoms with Gasteiger partial charge in [0.25, 0.3) is 0 Å². The predicted molar refractivity (Wildman–Crippen MR) is 104 cm³/mol. The van der Waals surface area contributed by atoms with Gasteiger partial charge in [-0.2, -0.15) is 0 Å². The third-order valence-electron chi connectivity index (χ3n) is 5.06. The zero-order valence-electron chi connectivity index (χ0n) is 16.3. The number of anilines is 1. The van der Waals surface area contributed by atoms with Gasteiger partial charge in [0.1, 0.15) is 11.9 Å². The highest BCUT2D eigenvalue weighted by atomic mass is 16.6. The summed E-state index contributed by atoms with van der Waals surface area (Å²) in [5, 5.41) is 2.62. The fourth-order valence-electron chi connectivity index (χ4n) is 3.54. The van der Waals surface area contributed by atoms with Gasteiger partial charge in [0, 0.05) is 13.0 Å². The number of hydrogen-bond donors (Lipinski definition) is 1. The SMILES string of the molecule is CC(=O)NCC1CN(c2ccc3c(c2)OCCC(C(=O)c2ccco2)C3=O)C(=O)O1. The van der Waals surface area contributed by atoms with E-state index in [1.165, 1.54) is 24.2 Å². The molecule has 1 aromatic heterocycles. The minimum absolute atomic E-state index is 0.137. The molecule has 2 aliphatic heterocycles. The van der Waals surface area contributed by atoms with Crippen LogP contribution in [0.3, 0.4) is 0 Å². The molecule has 0 aliphatic carbocycles. The molecule has 1 fully saturated rings. The molecule has 1 saturated heterocycles. The highest BCUT2D eigenvalue weighted by molar-refractivity contribution is 6.16. The molecule has 2 unspecified atom stereocenters. The molecule has 2 aliphatic rings. The Balaban J connectivity index is 1.53. The summed E-state index contributed by atoms with van der Waals surface area (Å²) < 4.78 is 16.1. The zero-order valence-corrected chi connectivity index (χ0v) is 16.3. The molecule has 0 saturated carbocycles. The number of ketones is 2. The van der Waals surface area contributed by atoms with Gasteiger partial charge in [-0.3, -0.25) is 19.3 Å². The van der Waals surface area contributed by atoms with Crippen LogP contribution in [-0.2, 0) is 9.53 Å². The fraction of sp³-hybridized carbons (Fsp3) is 0.333. The monoisotopic (exact) mass is 412 g/mol. The molecular weight excluding hydrogens is 392 g/mol. The van der Waals surface area contributed by atoms with Crippen LogP contribution in [0.4, 0.5) is 10.5 Å². The summed E-state index contributed by atoms with van der Waals surface area (Å²) in [6.45, 7) is 2.04. The number of hydrogen-bond acceptors (Lipinski definition) is 7. The summed E-state index contributed by atoms with van der Waals surface area (Å²) in [6, 6.07) is 7.88. The fourth-order valence-corrected chi connectivity index (χ4v) is 3.54. The van der Waals surface area contributed by atoms with Gasteiger partial charge in [0.2, 0.25) is 11.7 Å². The number of furan rings is 1. The second-order valence-corrected chi connectivity index (χ2v) is 7.13. The maximum atomic E-state index is 13.0. The Labute approximate surface area is 171 Å². The smallest absolute Gasteiger partial charge is 0.414 e. The number of amides is 2. The molecule has 1 N–H and O–H groups in total. The molecule has 3 heterocycles. The standard InChI is InChI=1S/C21H20N2O7/c1-12(24)22-10-14-11-23(21(27)30-14)13-4-5-15-18(9-13)29-8-6-16(19(15)25)20(26)17-3-2-7-28-17/h2-5,7,9,14,16H,6,8,10-11H2,1H3,(H,22,24). The summed E-state index contributed by atoms with van der Waals surface area (Å²) in [7, 11) is 0. The lowest BCUT2D eigenvalue weighted by molar-refractivity contribution is -0.119. The number of carbonyl (C=O) groups is 4. The molecule has 0 bridgehead atoms. The van der Waals surface area contributed by atoms with Gasteiger partial charge in [-0.25, -0.2) is 4.79 Å². The molecule has 0 radical (unpaired) electrons. The van der Waals surface area contributed by atoms with Crippen molar-refractivity contribution in [1.29, 1.82) is 0 Å². The van der Waals surface area contributed by atoms with Crippen LogP contribution >= 0.6 is 0 Å². The molecule has 4 rings (SSSR count). The number of fused-ring (bicyclic) bond motifs is 1. The second-order valence-electron chi connectivity index (χ2n) is 7.13. The Morgan fingerprint density at radius 1 is 1.23 bits per heavy atom. The zero-order chi connectivity index (χ0) is 21.3. The Morgan fingerprint density at radius 2 is 2.07 bits per heavy atom. The van der Waals surface area contributed by atoms with Gasteiger partial charge in [-0.15, -0.1) is 0 Å². The van der Waals surface area contributed by atoms with Crippen molar-refractivity contribution >= 4 is 29.3 Å². The number of nitrogens with zero attached hydrogens (tertiary/aromatic N) is 1. The summed E-state index contributed by atoms with van der Waals surface area (Å²) in [5.41, 5.74) is 0.788. The van der Waals surface area contributed by atoms with Gasteiger partial charge >= 0.3 is 6.09 Å². The lowest BCUT2D eigenvalue weighted by atomic mass is 9.90. The Kier molecular flexibility index (Phi) is 5.26. The van der Waals surface area contributed by atoms with Crippen LogP contribution in [-0.4, -0.2) is 49.4 Å². The van der Waals surface area contributed by atoms with E-state index in [4.69, 9.17) is 13.9 Å². The average molecular weight is 412 g/mol. The molecule has 9 nitrogen and oxygen atoms in total. The van der Waals surface area contributed by atoms with Crippen molar-refractivity contribution in [2.24, 2.45) is 5.92 Å². The minimum Gasteiger partial charge on any atom is -0.493 e. The van der Waals surface area contributed by atoms with E-state index in [9.17, 15) is 19.2 Å². The van der Waals surface area contributed by atoms with E-state index in [1.54, 1.807) is 24.3 Å². The van der Waals surface area contributed by atoms with Gasteiger partial charge in [-0.05, 0) is 30.7 Å². The first-order valence-corrected chi connectivity index (χ1v) is 9.55. The third kappa shape index (κ3) is 3.78. The highest BCUT2D eigenvalue weighted by Crippen LogP contribution is 2.33. The van der Waals surface area contributed by atoms with Crippen LogP contribution in [0, 0.1) is 5.92 Å². The van der Waals surface area contributed by atoms with Crippen LogP contribution in [0.15, 0.2) is 41.0 Å². The maximum Gasteiger partial charge on any atom is 0.414 e. The quantitative estimate of drug-likeness (QED) is 0.591. The molecule has 2 aromatic rings. The molecule has 1 aromatic carbocycles. The number of ether oxygens (including phenoxy) is 2. The van der Waals surface area contributed by atoms with Crippen LogP contribution in [0.1, 0.15) is 34.3 Å². The van der Waals surface area contributed by atoms with E-state index in [1.807, 2.05) is 0 Å². The summed E-state index contributed by atoms with van der Waals surface area (Å²) in [6.07, 6.45) is 0.598. The Bertz CT molecular complexity index is 999. The second kappa shape index (κ2) is 8.02. The number of rotatable bonds is 5. The number of benzene rings is 1. The van der Waals surface area contributed by atoms with Crippen molar-refractivity contribution in [2.45, 2.75) is 19.4 Å². The van der Waals surface area contributed by atoms with Crippen LogP contribution < -0.4 is 15.0 Å². The lowest BCUT2D eigenvalue weighted by Gasteiger charge is -2.16. The summed E-state index contributed by atoms with van der Waals surface area (Å²) >= 11 is 0. The average Bonchev–Trinajstić information content (AvgIpc) is 3.35. The first-order chi connectivity index (χ1) is 14.4. The van der Waals surface area contributed by atoms with E-state index >= 15 is 0 Å². The molecule has 30 heavy (non-hydrogen) atoms. The van der Waals surface area contributed by atoms with Crippen molar-refractivity contribution in [2.75, 3.05) is 24.6 Å². The van der Waals surface area contributed by atoms with E-state index in [-0.39, 0.29) is 54.9 Å². The lowest BCUT2D eigenvalue weighted by Crippen LogP contribution is -2.33. The van der Waals surface area contributed by atoms with Gasteiger partial charge in [-0.1, -0.05) is 0 Å². The largest absolute Gasteiger partial charge is 0.493 e. The highest BCUT2D eigenvalue weighted by Gasteiger charge is 2.36. The number of Topliss-reactive ketones (excluding diaryl/α,β-unsaturated/α-hetero) is 2. The van der Waals surface area contributed by atoms with E-state index in [0.717, 1.165) is 0 Å². The van der Waals surface area contributed by atoms with Gasteiger partial charge < -0.3 is 19.2 Å². The van der Waals surface area contributed by atoms with Gasteiger partial charge in [0.05, 0.1) is 43.1 Å². The normalized spacial score (nSPS) is 20.8. The van der Waals surface area contributed by atoms with Crippen LogP contribution in [0.2, 0.25) is 0 Å². The van der Waals surface area contributed by atoms with Crippen molar-refractivity contribution < 1.29 is 33.1 Å². The molecule has 156 valence electrons. The molecule has 0 spiro atoms. The first-order valence-electron chi connectivity index (χ1n) is 9.55. The molecule has 2 atom stereocenters. The summed E-state index contributed by atoms with van der Waals surface area (Å²) in [5.74, 6) is -1.37. The first kappa shape index (κ1) is 19.7. The minimum atomic E-state index is -0.887. The molecule has 9 heteroatoms. The van der Waals surface area contributed by atoms with Crippen molar-refractivity contribution in [3.63, 3.8) is 0 Å². The van der Waals surface area contributed by atoms with Crippen molar-refractivity contribution in [3.8, 4) is 5.75 Å². The topological polar surface area (TPSA) is 115 Å². The maximum absolute atomic E-state index is 13.0. The van der Waals surface area contributed by atoms with Crippen LogP contribution in [0.5, 0.6) is 5.75 Å². The van der Waals surface area contributed by atoms with Gasteiger partial charge in [0.15, 0.2) is 11.5 Å². The number of carbonyl (C=O) groups excluding carboxylic acids is 4. The Morgan fingerprint density at radius 3 is 2.80 bits per heavy atom. The Hall–Kier alpha value is -3.62. The van der Waals surface area contributed by atoms with Crippen LogP contribution in [0.25, 0.3) is 0 Å². The van der Waals surface area contributed by atoms with Crippen molar-refractivity contribution in [3.05, 3.63) is 47.9 Å². The molecular formula is C21H20N2O7. The number of cyclic esters (lactones) is 1. The third-order valence-corrected chi connectivity index (χ3v) is 5.06. The van der Waals surface area contributed by atoms with E-state index in [2.05, 4.69) is 5.32 Å². The van der Waals surface area contributed by atoms with E-state index < -0.39 is 18.1 Å². The van der Waals surface area contributed by atoms with E-state index in [0.29, 0.717) is 11.4 Å². The molecule has 2 amide bonds. The van der Waals surface area contributed by atoms with Crippen molar-refractivity contribution in [1.82, 2.24) is 5.32 Å².